The fraction of sp³-hybridized carbons (Fsp3) is 0.875. The van der Waals surface area contributed by atoms with Crippen LogP contribution in [0.1, 0.15) is 55.4 Å². The standard InChI is InChI=1S/C56H93N7O35/c1-15-29(57-16(2)70)48(34(50(85)86-15)62-21(7)75)97-54-33(61-20(6)74)41(82)45(26(12-67)91-54)94-52-31(59-18(4)72)39(80)46(27(13-68)89-52)95-55-35(63-22(8)76)49(98-56-43(84)42(83)37(78)24(10-65)88-56)47(28(14-69)92-55)96-53-32(60-19(5)73)40(81)44(25(11-66)90-53)93-51-30(58-17(3)71)38(79)36(77)23(9-64)87-51/h15,23-56,64-69,77-85H,9-14H2,1-8H3,(H,57,70)(H,58,71)(H,59,72)(H,60,73)(H,61,74)(H,62,75)(H,63,76)/t15-,23-,24-,25+,26-,27+,28-,29-,30-,31+,32+,33-,34-,35-,36+,37-,38-,39+,40+,41-,42+,43-,44-,45+,46-,47+,48+,49-,50-,51-,52+,53+,54-,55-,56+/m1/s1. The zero-order chi connectivity index (χ0) is 72.6. The quantitative estimate of drug-likeness (QED) is 0.0404. The molecule has 562 valence electrons. The van der Waals surface area contributed by atoms with Crippen LogP contribution in [0, 0.1) is 0 Å². The molecule has 7 rings (SSSR count). The zero-order valence-corrected chi connectivity index (χ0v) is 54.3. The summed E-state index contributed by atoms with van der Waals surface area (Å²) in [5, 5.41) is 184. The first-order valence-corrected chi connectivity index (χ1v) is 31.4. The zero-order valence-electron chi connectivity index (χ0n) is 54.3. The van der Waals surface area contributed by atoms with E-state index in [1.165, 1.54) is 6.92 Å². The number of amides is 7. The predicted octanol–water partition coefficient (Wildman–Crippen LogP) is -14.2. The van der Waals surface area contributed by atoms with Crippen LogP contribution in [0.3, 0.4) is 0 Å². The third-order valence-corrected chi connectivity index (χ3v) is 17.3. The van der Waals surface area contributed by atoms with Gasteiger partial charge in [0.2, 0.25) is 41.4 Å². The number of aliphatic hydroxyl groups is 15. The molecule has 0 unspecified atom stereocenters. The molecule has 22 N–H and O–H groups in total. The van der Waals surface area contributed by atoms with Gasteiger partial charge >= 0.3 is 0 Å². The Bertz CT molecular complexity index is 2640. The lowest BCUT2D eigenvalue weighted by Gasteiger charge is -2.53. The fourth-order valence-corrected chi connectivity index (χ4v) is 12.8. The van der Waals surface area contributed by atoms with E-state index in [9.17, 15) is 110 Å². The van der Waals surface area contributed by atoms with Crippen LogP contribution in [0.5, 0.6) is 0 Å². The van der Waals surface area contributed by atoms with Crippen molar-refractivity contribution in [3.05, 3.63) is 0 Å². The Hall–Kier alpha value is -4.83. The summed E-state index contributed by atoms with van der Waals surface area (Å²) in [6.45, 7) is 2.40. The monoisotopic (exact) mass is 1420 g/mol. The van der Waals surface area contributed by atoms with E-state index in [1.54, 1.807) is 0 Å². The molecule has 35 atom stereocenters. The lowest BCUT2D eigenvalue weighted by molar-refractivity contribution is -0.385. The van der Waals surface area contributed by atoms with Crippen molar-refractivity contribution in [3.8, 4) is 0 Å². The Morgan fingerprint density at radius 2 is 0.520 bits per heavy atom. The summed E-state index contributed by atoms with van der Waals surface area (Å²) in [6.07, 6.45) is -53.0. The van der Waals surface area contributed by atoms with Gasteiger partial charge in [0.15, 0.2) is 44.0 Å². The molecule has 0 aliphatic carbocycles. The molecule has 7 heterocycles. The van der Waals surface area contributed by atoms with Gasteiger partial charge < -0.3 is 175 Å². The summed E-state index contributed by atoms with van der Waals surface area (Å²) in [5.41, 5.74) is 0. The third-order valence-electron chi connectivity index (χ3n) is 17.3. The maximum absolute atomic E-state index is 13.5. The van der Waals surface area contributed by atoms with E-state index in [1.807, 2.05) is 0 Å². The van der Waals surface area contributed by atoms with E-state index in [-0.39, 0.29) is 0 Å². The van der Waals surface area contributed by atoms with Crippen molar-refractivity contribution in [2.75, 3.05) is 39.6 Å². The normalized spacial score (nSPS) is 44.5. The molecule has 7 fully saturated rings. The van der Waals surface area contributed by atoms with Crippen LogP contribution in [0.15, 0.2) is 0 Å². The summed E-state index contributed by atoms with van der Waals surface area (Å²) in [6, 6.07) is -11.6. The summed E-state index contributed by atoms with van der Waals surface area (Å²) < 4.78 is 79.4. The molecule has 0 spiro atoms. The number of carbonyl (C=O) groups excluding carboxylic acids is 7. The van der Waals surface area contributed by atoms with E-state index < -0.39 is 295 Å². The summed E-state index contributed by atoms with van der Waals surface area (Å²) >= 11 is 0. The molecule has 42 heteroatoms. The van der Waals surface area contributed by atoms with E-state index in [0.29, 0.717) is 0 Å². The molecular formula is C56H93N7O35. The highest BCUT2D eigenvalue weighted by atomic mass is 16.8. The molecule has 7 amide bonds. The first-order chi connectivity index (χ1) is 46.2. The second kappa shape index (κ2) is 35.4. The van der Waals surface area contributed by atoms with Crippen molar-refractivity contribution in [1.29, 1.82) is 0 Å². The van der Waals surface area contributed by atoms with Crippen molar-refractivity contribution in [3.63, 3.8) is 0 Å². The van der Waals surface area contributed by atoms with E-state index in [4.69, 9.17) is 61.6 Å². The second-order valence-electron chi connectivity index (χ2n) is 24.7. The van der Waals surface area contributed by atoms with Crippen molar-refractivity contribution >= 4 is 41.4 Å². The highest BCUT2D eigenvalue weighted by molar-refractivity contribution is 5.76. The van der Waals surface area contributed by atoms with Crippen molar-refractivity contribution in [2.24, 2.45) is 0 Å². The second-order valence-corrected chi connectivity index (χ2v) is 24.7. The highest BCUT2D eigenvalue weighted by Crippen LogP contribution is 2.39. The van der Waals surface area contributed by atoms with Crippen LogP contribution in [0.25, 0.3) is 0 Å². The third kappa shape index (κ3) is 18.7. The summed E-state index contributed by atoms with van der Waals surface area (Å²) in [4.78, 5) is 89.6. The van der Waals surface area contributed by atoms with Crippen LogP contribution < -0.4 is 37.2 Å². The molecule has 0 aromatic carbocycles. The molecule has 0 radical (unpaired) electrons. The molecular weight excluding hydrogens is 1330 g/mol. The molecule has 7 aliphatic rings. The van der Waals surface area contributed by atoms with E-state index in [2.05, 4.69) is 37.2 Å². The van der Waals surface area contributed by atoms with Crippen LogP contribution in [0.2, 0.25) is 0 Å². The fourth-order valence-electron chi connectivity index (χ4n) is 12.8. The molecule has 7 aliphatic heterocycles. The first kappa shape index (κ1) is 80.5. The van der Waals surface area contributed by atoms with Gasteiger partial charge in [-0.3, -0.25) is 33.6 Å². The topological polar surface area (TPSA) is 627 Å². The predicted molar refractivity (Wildman–Crippen MR) is 312 cm³/mol. The van der Waals surface area contributed by atoms with E-state index >= 15 is 0 Å². The number of carbonyl (C=O) groups is 7. The van der Waals surface area contributed by atoms with Gasteiger partial charge in [0.05, 0.1) is 51.8 Å². The number of nitrogens with one attached hydrogen (secondary N) is 7. The smallest absolute Gasteiger partial charge is 0.217 e. The van der Waals surface area contributed by atoms with Gasteiger partial charge in [-0.1, -0.05) is 0 Å². The van der Waals surface area contributed by atoms with Gasteiger partial charge in [-0.15, -0.1) is 0 Å². The highest BCUT2D eigenvalue weighted by Gasteiger charge is 2.60. The van der Waals surface area contributed by atoms with Crippen LogP contribution in [0.4, 0.5) is 0 Å². The molecule has 0 aromatic heterocycles. The molecule has 7 saturated heterocycles. The average molecular weight is 1420 g/mol. The first-order valence-electron chi connectivity index (χ1n) is 31.4. The van der Waals surface area contributed by atoms with Gasteiger partial charge in [0.1, 0.15) is 158 Å². The van der Waals surface area contributed by atoms with E-state index in [0.717, 1.165) is 48.5 Å². The van der Waals surface area contributed by atoms with Crippen LogP contribution in [-0.2, 0) is 95.1 Å². The van der Waals surface area contributed by atoms with Crippen molar-refractivity contribution in [2.45, 2.75) is 270 Å². The van der Waals surface area contributed by atoms with Crippen LogP contribution in [-0.4, -0.2) is 372 Å². The Labute approximate surface area is 558 Å². The van der Waals surface area contributed by atoms with Crippen LogP contribution >= 0.6 is 0 Å². The van der Waals surface area contributed by atoms with Gasteiger partial charge in [0, 0.05) is 48.5 Å². The lowest BCUT2D eigenvalue weighted by atomic mass is 9.92. The van der Waals surface area contributed by atoms with Gasteiger partial charge in [0.25, 0.3) is 0 Å². The maximum atomic E-state index is 13.5. The Kier molecular flexibility index (Phi) is 29.0. The van der Waals surface area contributed by atoms with Crippen molar-refractivity contribution < 1.29 is 172 Å². The number of hydrogen-bond donors (Lipinski definition) is 22. The molecule has 0 bridgehead atoms. The number of ether oxygens (including phenoxy) is 13. The average Bonchev–Trinajstić information content (AvgIpc) is 0.766. The lowest BCUT2D eigenvalue weighted by Crippen LogP contribution is -2.73. The van der Waals surface area contributed by atoms with Gasteiger partial charge in [-0.05, 0) is 6.92 Å². The molecule has 0 saturated carbocycles. The minimum atomic E-state index is -2.24. The minimum absolute atomic E-state index is 0.608. The van der Waals surface area contributed by atoms with Gasteiger partial charge in [-0.2, -0.15) is 0 Å². The maximum Gasteiger partial charge on any atom is 0.217 e. The Morgan fingerprint density at radius 1 is 0.265 bits per heavy atom. The molecule has 0 aromatic rings. The number of rotatable bonds is 25. The molecule has 42 nitrogen and oxygen atoms in total. The van der Waals surface area contributed by atoms with Gasteiger partial charge in [-0.25, -0.2) is 0 Å². The number of aliphatic hydroxyl groups excluding tert-OH is 15. The largest absolute Gasteiger partial charge is 0.394 e. The molecule has 98 heavy (non-hydrogen) atoms. The van der Waals surface area contributed by atoms with Crippen molar-refractivity contribution in [1.82, 2.24) is 37.2 Å². The minimum Gasteiger partial charge on any atom is -0.394 e. The summed E-state index contributed by atoms with van der Waals surface area (Å²) in [5.74, 6) is -5.63. The Morgan fingerprint density at radius 3 is 0.878 bits per heavy atom. The Balaban J connectivity index is 1.22. The summed E-state index contributed by atoms with van der Waals surface area (Å²) in [7, 11) is 0. The number of hydrogen-bond acceptors (Lipinski definition) is 35. The SMILES string of the molecule is CC(=O)N[C@@H]1[C@H](O[C@@H]2[C@H](O[C@@H]3O[C@H](CO)[C@@H](O)[C@H](O)[C@H]3O)[C@@H](NC(C)=O)[C@@H](O[C@H]3[C@@H](O)[C@H](NC(C)=O)[C@H](O[C@@H]4[C@H](O)[C@@H](NC(C)=O)[C@@H](O[C@@H]5[C@@H](NC(C)=O)[C@H](O)O[C@H](C)[C@H]5NC(C)=O)O[C@@H]4CO)O[C@H]3CO)O[C@@H]2CO)O[C@@H](CO)[C@@H](O[C@H]2O[C@H](CO)[C@H](O)[C@H](O)[C@H]2NC(C)=O)[C@H]1O.